The minimum absolute atomic E-state index is 0.0768. The highest BCUT2D eigenvalue weighted by molar-refractivity contribution is 9.10. The number of nitriles is 1. The highest BCUT2D eigenvalue weighted by Gasteiger charge is 2.12. The molecule has 3 nitrogen and oxygen atoms in total. The van der Waals surface area contributed by atoms with Crippen molar-refractivity contribution < 1.29 is 9.53 Å². The molecular weight excluding hydrogens is 438 g/mol. The van der Waals surface area contributed by atoms with Crippen molar-refractivity contribution in [2.75, 3.05) is 0 Å². The zero-order valence-corrected chi connectivity index (χ0v) is 17.1. The Morgan fingerprint density at radius 2 is 1.79 bits per heavy atom. The Bertz CT molecular complexity index is 1050. The molecule has 0 saturated carbocycles. The molecular formula is C23H15BrClNO2. The van der Waals surface area contributed by atoms with E-state index in [4.69, 9.17) is 16.3 Å². The maximum atomic E-state index is 12.5. The number of hydrogen-bond donors (Lipinski definition) is 0. The third-order valence-electron chi connectivity index (χ3n) is 3.98. The van der Waals surface area contributed by atoms with Crippen LogP contribution in [0.5, 0.6) is 5.75 Å². The number of ketones is 1. The fraction of sp³-hybridized carbons (Fsp3) is 0.0435. The Balaban J connectivity index is 1.75. The molecule has 5 heteroatoms. The summed E-state index contributed by atoms with van der Waals surface area (Å²) < 4.78 is 6.56. The maximum Gasteiger partial charge on any atom is 0.203 e. The molecule has 0 aromatic heterocycles. The number of benzene rings is 3. The molecule has 138 valence electrons. The van der Waals surface area contributed by atoms with Crippen LogP contribution in [0.2, 0.25) is 5.02 Å². The molecule has 3 rings (SSSR count). The third kappa shape index (κ3) is 5.10. The summed E-state index contributed by atoms with van der Waals surface area (Å²) in [6, 6.07) is 23.6. The van der Waals surface area contributed by atoms with Crippen molar-refractivity contribution in [3.8, 4) is 11.8 Å². The fourth-order valence-electron chi connectivity index (χ4n) is 2.53. The van der Waals surface area contributed by atoms with Crippen LogP contribution in [0.1, 0.15) is 21.5 Å². The molecule has 0 saturated heterocycles. The van der Waals surface area contributed by atoms with Crippen LogP contribution in [0.25, 0.3) is 6.08 Å². The van der Waals surface area contributed by atoms with Gasteiger partial charge < -0.3 is 4.74 Å². The average Bonchev–Trinajstić information content (AvgIpc) is 2.72. The molecule has 3 aromatic rings. The second kappa shape index (κ2) is 9.36. The lowest BCUT2D eigenvalue weighted by Gasteiger charge is -2.09. The Hall–Kier alpha value is -2.87. The molecule has 0 spiro atoms. The molecule has 0 aliphatic rings. The highest BCUT2D eigenvalue weighted by atomic mass is 79.9. The zero-order valence-electron chi connectivity index (χ0n) is 14.7. The summed E-state index contributed by atoms with van der Waals surface area (Å²) in [7, 11) is 0. The van der Waals surface area contributed by atoms with Gasteiger partial charge in [-0.3, -0.25) is 4.79 Å². The Morgan fingerprint density at radius 1 is 1.07 bits per heavy atom. The lowest BCUT2D eigenvalue weighted by atomic mass is 10.0. The second-order valence-electron chi connectivity index (χ2n) is 5.97. The second-order valence-corrected chi connectivity index (χ2v) is 7.26. The van der Waals surface area contributed by atoms with E-state index in [1.807, 2.05) is 42.5 Å². The van der Waals surface area contributed by atoms with Gasteiger partial charge in [0.05, 0.1) is 4.47 Å². The summed E-state index contributed by atoms with van der Waals surface area (Å²) in [5.41, 5.74) is 2.29. The molecule has 0 amide bonds. The summed E-state index contributed by atoms with van der Waals surface area (Å²) in [6.45, 7) is 0.404. The maximum absolute atomic E-state index is 12.5. The molecule has 3 aromatic carbocycles. The van der Waals surface area contributed by atoms with Crippen molar-refractivity contribution in [1.29, 1.82) is 5.26 Å². The van der Waals surface area contributed by atoms with Gasteiger partial charge in [0.25, 0.3) is 0 Å². The van der Waals surface area contributed by atoms with E-state index in [0.717, 1.165) is 15.6 Å². The quantitative estimate of drug-likeness (QED) is 0.245. The van der Waals surface area contributed by atoms with Crippen LogP contribution in [-0.4, -0.2) is 5.78 Å². The molecule has 0 bridgehead atoms. The summed E-state index contributed by atoms with van der Waals surface area (Å²) in [5.74, 6) is 0.363. The fourth-order valence-corrected chi connectivity index (χ4v) is 3.16. The monoisotopic (exact) mass is 451 g/mol. The minimum atomic E-state index is -0.303. The number of allylic oxidation sites excluding steroid dienone is 1. The van der Waals surface area contributed by atoms with Gasteiger partial charge in [-0.2, -0.15) is 5.26 Å². The standard InChI is InChI=1S/C23H15BrClNO2/c24-21-13-17(12-19(14-26)23(27)18-4-2-1-3-5-18)8-11-22(21)28-15-16-6-9-20(25)10-7-16/h1-13H,15H2/b19-12+. The molecule has 0 aliphatic carbocycles. The summed E-state index contributed by atoms with van der Waals surface area (Å²) >= 11 is 9.37. The van der Waals surface area contributed by atoms with E-state index < -0.39 is 0 Å². The molecule has 0 atom stereocenters. The highest BCUT2D eigenvalue weighted by Crippen LogP contribution is 2.28. The van der Waals surface area contributed by atoms with Gasteiger partial charge in [0.1, 0.15) is 24.0 Å². The lowest BCUT2D eigenvalue weighted by molar-refractivity contribution is 0.104. The Kier molecular flexibility index (Phi) is 6.65. The first-order valence-electron chi connectivity index (χ1n) is 8.45. The van der Waals surface area contributed by atoms with E-state index in [2.05, 4.69) is 15.9 Å². The number of ether oxygens (including phenoxy) is 1. The van der Waals surface area contributed by atoms with Gasteiger partial charge >= 0.3 is 0 Å². The number of hydrogen-bond acceptors (Lipinski definition) is 3. The first kappa shape index (κ1) is 19.9. The van der Waals surface area contributed by atoms with Crippen molar-refractivity contribution in [3.05, 3.63) is 105 Å². The normalized spacial score (nSPS) is 11.0. The van der Waals surface area contributed by atoms with Crippen molar-refractivity contribution >= 4 is 39.4 Å². The summed E-state index contributed by atoms with van der Waals surface area (Å²) in [5, 5.41) is 10.1. The van der Waals surface area contributed by atoms with E-state index in [-0.39, 0.29) is 11.4 Å². The zero-order chi connectivity index (χ0) is 19.9. The van der Waals surface area contributed by atoms with Gasteiger partial charge in [-0.15, -0.1) is 0 Å². The Labute approximate surface area is 177 Å². The number of Topliss-reactive ketones (excluding diaryl/α,β-unsaturated/α-hetero) is 1. The average molecular weight is 453 g/mol. The van der Waals surface area contributed by atoms with Crippen LogP contribution >= 0.6 is 27.5 Å². The Morgan fingerprint density at radius 3 is 2.43 bits per heavy atom. The van der Waals surface area contributed by atoms with Gasteiger partial charge in [0, 0.05) is 10.6 Å². The molecule has 0 radical (unpaired) electrons. The minimum Gasteiger partial charge on any atom is -0.488 e. The predicted octanol–water partition coefficient (Wildman–Crippen LogP) is 6.47. The molecule has 28 heavy (non-hydrogen) atoms. The molecule has 0 aliphatic heterocycles. The van der Waals surface area contributed by atoms with Gasteiger partial charge in [-0.25, -0.2) is 0 Å². The van der Waals surface area contributed by atoms with Gasteiger partial charge in [-0.05, 0) is 57.4 Å². The van der Waals surface area contributed by atoms with Crippen molar-refractivity contribution in [2.45, 2.75) is 6.61 Å². The molecule has 0 unspecified atom stereocenters. The van der Waals surface area contributed by atoms with E-state index in [0.29, 0.717) is 22.9 Å². The van der Waals surface area contributed by atoms with Gasteiger partial charge in [0.2, 0.25) is 5.78 Å². The topological polar surface area (TPSA) is 50.1 Å². The SMILES string of the molecule is N#C/C(=C\c1ccc(OCc2ccc(Cl)cc2)c(Br)c1)C(=O)c1ccccc1. The lowest BCUT2D eigenvalue weighted by Crippen LogP contribution is -2.01. The van der Waals surface area contributed by atoms with Crippen LogP contribution in [-0.2, 0) is 6.61 Å². The van der Waals surface area contributed by atoms with E-state index in [1.165, 1.54) is 0 Å². The van der Waals surface area contributed by atoms with Crippen LogP contribution in [0.3, 0.4) is 0 Å². The molecule has 0 heterocycles. The third-order valence-corrected chi connectivity index (χ3v) is 4.85. The summed E-state index contributed by atoms with van der Waals surface area (Å²) in [4.78, 5) is 12.5. The van der Waals surface area contributed by atoms with Crippen LogP contribution < -0.4 is 4.74 Å². The number of halogens is 2. The van der Waals surface area contributed by atoms with Crippen molar-refractivity contribution in [1.82, 2.24) is 0 Å². The van der Waals surface area contributed by atoms with E-state index in [1.54, 1.807) is 42.5 Å². The number of carbonyl (C=O) groups is 1. The van der Waals surface area contributed by atoms with Crippen LogP contribution in [0.4, 0.5) is 0 Å². The molecule has 0 fully saturated rings. The van der Waals surface area contributed by atoms with Crippen molar-refractivity contribution in [3.63, 3.8) is 0 Å². The van der Waals surface area contributed by atoms with Gasteiger partial charge in [0.15, 0.2) is 0 Å². The number of rotatable bonds is 6. The first-order chi connectivity index (χ1) is 13.6. The predicted molar refractivity (Wildman–Crippen MR) is 114 cm³/mol. The number of nitrogens with zero attached hydrogens (tertiary/aromatic N) is 1. The van der Waals surface area contributed by atoms with Crippen LogP contribution in [0, 0.1) is 11.3 Å². The number of carbonyl (C=O) groups excluding carboxylic acids is 1. The first-order valence-corrected chi connectivity index (χ1v) is 9.62. The van der Waals surface area contributed by atoms with Crippen LogP contribution in [0.15, 0.2) is 82.8 Å². The van der Waals surface area contributed by atoms with Gasteiger partial charge in [-0.1, -0.05) is 60.1 Å². The largest absolute Gasteiger partial charge is 0.488 e. The summed E-state index contributed by atoms with van der Waals surface area (Å²) in [6.07, 6.45) is 1.57. The smallest absolute Gasteiger partial charge is 0.203 e. The molecule has 0 N–H and O–H groups in total. The van der Waals surface area contributed by atoms with E-state index in [9.17, 15) is 10.1 Å². The van der Waals surface area contributed by atoms with Crippen molar-refractivity contribution in [2.24, 2.45) is 0 Å². The van der Waals surface area contributed by atoms with E-state index >= 15 is 0 Å².